The van der Waals surface area contributed by atoms with Gasteiger partial charge in [0, 0.05) is 22.9 Å². The van der Waals surface area contributed by atoms with Crippen molar-refractivity contribution in [1.82, 2.24) is 0 Å². The van der Waals surface area contributed by atoms with Gasteiger partial charge in [-0.05, 0) is 61.2 Å². The number of hydrogen-bond acceptors (Lipinski definition) is 3. The van der Waals surface area contributed by atoms with Crippen molar-refractivity contribution < 1.29 is 13.5 Å². The first kappa shape index (κ1) is 21.6. The summed E-state index contributed by atoms with van der Waals surface area (Å²) in [5, 5.41) is 0. The molecule has 1 fully saturated rings. The van der Waals surface area contributed by atoms with Crippen molar-refractivity contribution in [2.45, 2.75) is 33.1 Å². The molecule has 3 nitrogen and oxygen atoms in total. The van der Waals surface area contributed by atoms with Crippen molar-refractivity contribution in [3.63, 3.8) is 0 Å². The van der Waals surface area contributed by atoms with Crippen LogP contribution in [-0.4, -0.2) is 18.1 Å². The molecule has 0 saturated carbocycles. The summed E-state index contributed by atoms with van der Waals surface area (Å²) in [6, 6.07) is 13.5. The van der Waals surface area contributed by atoms with E-state index < -0.39 is 5.92 Å². The summed E-state index contributed by atoms with van der Waals surface area (Å²) in [5.74, 6) is -0.935. The Hall–Kier alpha value is -1.66. The first-order chi connectivity index (χ1) is 12.8. The fraction of sp³-hybridized carbons (Fsp3) is 0.333. The molecule has 2 aromatic carbocycles. The average molecular weight is 452 g/mol. The molecule has 1 aliphatic heterocycles. The van der Waals surface area contributed by atoms with Gasteiger partial charge in [-0.1, -0.05) is 41.1 Å². The molecule has 2 atom stereocenters. The van der Waals surface area contributed by atoms with E-state index in [1.54, 1.807) is 0 Å². The third kappa shape index (κ3) is 4.79. The Bertz CT molecular complexity index is 805. The van der Waals surface area contributed by atoms with E-state index in [4.69, 9.17) is 0 Å². The Morgan fingerprint density at radius 2 is 1.56 bits per heavy atom. The Balaban J connectivity index is 0.000000817. The number of amides is 2. The van der Waals surface area contributed by atoms with E-state index in [2.05, 4.69) is 15.9 Å². The lowest BCUT2D eigenvalue weighted by atomic mass is 9.86. The van der Waals surface area contributed by atoms with Crippen molar-refractivity contribution in [3.05, 3.63) is 63.6 Å². The molecule has 0 bridgehead atoms. The second-order valence-corrected chi connectivity index (χ2v) is 7.78. The van der Waals surface area contributed by atoms with Crippen molar-refractivity contribution in [3.8, 4) is 0 Å². The quantitative estimate of drug-likeness (QED) is 0.538. The maximum atomic E-state index is 13.1. The molecule has 2 amide bonds. The molecule has 0 aromatic heterocycles. The van der Waals surface area contributed by atoms with Crippen LogP contribution < -0.4 is 4.90 Å². The minimum Gasteiger partial charge on any atom is -0.274 e. The summed E-state index contributed by atoms with van der Waals surface area (Å²) >= 11 is 3.67. The highest BCUT2D eigenvalue weighted by Crippen LogP contribution is 2.40. The molecule has 0 aliphatic carbocycles. The topological polar surface area (TPSA) is 37.4 Å². The zero-order chi connectivity index (χ0) is 20.1. The van der Waals surface area contributed by atoms with Crippen molar-refractivity contribution in [1.29, 1.82) is 0 Å². The van der Waals surface area contributed by atoms with Crippen molar-refractivity contribution >= 4 is 45.6 Å². The Morgan fingerprint density at radius 3 is 2.04 bits per heavy atom. The number of rotatable bonds is 3. The highest BCUT2D eigenvalue weighted by Gasteiger charge is 2.47. The molecule has 27 heavy (non-hydrogen) atoms. The number of benzene rings is 2. The maximum Gasteiger partial charge on any atom is 0.242 e. The van der Waals surface area contributed by atoms with Gasteiger partial charge in [0.25, 0.3) is 0 Å². The van der Waals surface area contributed by atoms with Crippen molar-refractivity contribution in [2.75, 3.05) is 11.2 Å². The van der Waals surface area contributed by atoms with Crippen LogP contribution in [0.15, 0.2) is 46.9 Å². The summed E-state index contributed by atoms with van der Waals surface area (Å²) in [5.41, 5.74) is 3.67. The van der Waals surface area contributed by atoms with Gasteiger partial charge in [-0.3, -0.25) is 9.59 Å². The maximum absolute atomic E-state index is 13.1. The summed E-state index contributed by atoms with van der Waals surface area (Å²) in [4.78, 5) is 27.4. The van der Waals surface area contributed by atoms with E-state index in [-0.39, 0.29) is 29.9 Å². The van der Waals surface area contributed by atoms with Gasteiger partial charge in [-0.15, -0.1) is 0 Å². The van der Waals surface area contributed by atoms with Gasteiger partial charge in [-0.25, -0.2) is 4.90 Å². The van der Waals surface area contributed by atoms with Gasteiger partial charge in [-0.2, -0.15) is 3.89 Å². The molecular weight excluding hydrogens is 429 g/mol. The lowest BCUT2D eigenvalue weighted by molar-refractivity contribution is -0.122. The summed E-state index contributed by atoms with van der Waals surface area (Å²) in [6.07, 6.45) is 2.02. The van der Waals surface area contributed by atoms with Crippen LogP contribution in [0.25, 0.3) is 0 Å². The zero-order valence-electron chi connectivity index (χ0n) is 15.8. The molecule has 144 valence electrons. The third-order valence-electron chi connectivity index (χ3n) is 4.56. The Morgan fingerprint density at radius 1 is 1.04 bits per heavy atom. The highest BCUT2D eigenvalue weighted by molar-refractivity contribution is 9.10. The SMILES string of the molecule is CCC1C(=O)N(c2cc(C)cc(C)c2)C(=O)[C@H]1c1ccc(Br)cc1.CSF. The van der Waals surface area contributed by atoms with E-state index in [1.807, 2.05) is 63.2 Å². The zero-order valence-corrected chi connectivity index (χ0v) is 18.2. The van der Waals surface area contributed by atoms with Gasteiger partial charge >= 0.3 is 0 Å². The fourth-order valence-corrected chi connectivity index (χ4v) is 3.78. The molecule has 0 spiro atoms. The Kier molecular flexibility index (Phi) is 7.62. The van der Waals surface area contributed by atoms with Crippen LogP contribution in [0, 0.1) is 19.8 Å². The number of imide groups is 1. The normalized spacial score (nSPS) is 19.1. The molecule has 0 N–H and O–H groups in total. The van der Waals surface area contributed by atoms with E-state index in [0.29, 0.717) is 12.1 Å². The van der Waals surface area contributed by atoms with Crippen molar-refractivity contribution in [2.24, 2.45) is 5.92 Å². The molecule has 2 aromatic rings. The predicted octanol–water partition coefficient (Wildman–Crippen LogP) is 5.98. The summed E-state index contributed by atoms with van der Waals surface area (Å²) in [7, 11) is 0. The minimum absolute atomic E-state index is 0.0968. The molecule has 1 aliphatic rings. The number of aryl methyl sites for hydroxylation is 2. The van der Waals surface area contributed by atoms with Gasteiger partial charge in [0.05, 0.1) is 17.5 Å². The largest absolute Gasteiger partial charge is 0.274 e. The molecular formula is C21H23BrFNO2S. The van der Waals surface area contributed by atoms with Crippen LogP contribution in [0.1, 0.15) is 36.0 Å². The number of nitrogens with zero attached hydrogens (tertiary/aromatic N) is 1. The number of halogens is 2. The van der Waals surface area contributed by atoms with Gasteiger partial charge < -0.3 is 0 Å². The number of hydrogen-bond donors (Lipinski definition) is 0. The first-order valence-electron chi connectivity index (χ1n) is 8.70. The number of anilines is 1. The van der Waals surface area contributed by atoms with Crippen LogP contribution in [0.2, 0.25) is 0 Å². The van der Waals surface area contributed by atoms with Gasteiger partial charge in [0.15, 0.2) is 0 Å². The average Bonchev–Trinajstić information content (AvgIpc) is 2.85. The molecule has 0 radical (unpaired) electrons. The van der Waals surface area contributed by atoms with Gasteiger partial charge in [0.2, 0.25) is 11.8 Å². The summed E-state index contributed by atoms with van der Waals surface area (Å²) < 4.78 is 11.2. The second-order valence-electron chi connectivity index (χ2n) is 6.56. The summed E-state index contributed by atoms with van der Waals surface area (Å²) in [6.45, 7) is 5.92. The molecule has 3 rings (SSSR count). The first-order valence-corrected chi connectivity index (χ1v) is 10.6. The fourth-order valence-electron chi connectivity index (χ4n) is 3.52. The number of carbonyl (C=O) groups excluding carboxylic acids is 2. The number of carbonyl (C=O) groups is 2. The standard InChI is InChI=1S/C20H20BrNO2.CH3FS/c1-4-17-18(14-5-7-15(21)8-6-14)20(24)22(19(17)23)16-10-12(2)9-13(3)11-16;1-3-2/h5-11,17-18H,4H2,1-3H3;1H3/t17?,18-;/m0./s1. The molecule has 1 saturated heterocycles. The second kappa shape index (κ2) is 9.51. The molecule has 1 heterocycles. The van der Waals surface area contributed by atoms with E-state index in [0.717, 1.165) is 21.2 Å². The lowest BCUT2D eigenvalue weighted by Crippen LogP contribution is -2.30. The van der Waals surface area contributed by atoms with Crippen LogP contribution in [0.3, 0.4) is 0 Å². The lowest BCUT2D eigenvalue weighted by Gasteiger charge is -2.16. The van der Waals surface area contributed by atoms with Crippen LogP contribution in [-0.2, 0) is 9.59 Å². The third-order valence-corrected chi connectivity index (χ3v) is 5.09. The van der Waals surface area contributed by atoms with E-state index >= 15 is 0 Å². The molecule has 1 unspecified atom stereocenters. The molecule has 6 heteroatoms. The predicted molar refractivity (Wildman–Crippen MR) is 114 cm³/mol. The van der Waals surface area contributed by atoms with E-state index in [1.165, 1.54) is 11.2 Å². The van der Waals surface area contributed by atoms with Crippen LogP contribution in [0.4, 0.5) is 9.57 Å². The monoisotopic (exact) mass is 451 g/mol. The Labute approximate surface area is 172 Å². The van der Waals surface area contributed by atoms with E-state index in [9.17, 15) is 13.5 Å². The minimum atomic E-state index is -0.406. The van der Waals surface area contributed by atoms with Crippen LogP contribution in [0.5, 0.6) is 0 Å². The van der Waals surface area contributed by atoms with Crippen LogP contribution >= 0.6 is 28.1 Å². The smallest absolute Gasteiger partial charge is 0.242 e. The highest BCUT2D eigenvalue weighted by atomic mass is 79.9. The van der Waals surface area contributed by atoms with Gasteiger partial charge in [0.1, 0.15) is 0 Å².